The molecular formula is C14H21IN2O. The molecule has 0 bridgehead atoms. The number of hydrogen-bond donors (Lipinski definition) is 1. The second-order valence-electron chi connectivity index (χ2n) is 4.51. The fourth-order valence-corrected chi connectivity index (χ4v) is 2.14. The van der Waals surface area contributed by atoms with Gasteiger partial charge in [-0.15, -0.1) is 0 Å². The molecule has 1 amide bonds. The van der Waals surface area contributed by atoms with Crippen LogP contribution in [0.2, 0.25) is 0 Å². The molecule has 0 aliphatic rings. The molecule has 2 atom stereocenters. The highest BCUT2D eigenvalue weighted by atomic mass is 127. The molecule has 0 saturated heterocycles. The highest BCUT2D eigenvalue weighted by Gasteiger charge is 2.18. The molecule has 0 aliphatic heterocycles. The van der Waals surface area contributed by atoms with Crippen molar-refractivity contribution < 1.29 is 4.79 Å². The number of amides is 1. The van der Waals surface area contributed by atoms with Crippen LogP contribution >= 0.6 is 22.6 Å². The van der Waals surface area contributed by atoms with Crippen LogP contribution in [0.1, 0.15) is 32.4 Å². The van der Waals surface area contributed by atoms with Crippen molar-refractivity contribution in [2.24, 2.45) is 0 Å². The summed E-state index contributed by atoms with van der Waals surface area (Å²) in [5.74, 6) is 0.134. The Kier molecular flexibility index (Phi) is 6.08. The Morgan fingerprint density at radius 3 is 2.39 bits per heavy atom. The topological polar surface area (TPSA) is 32.3 Å². The van der Waals surface area contributed by atoms with E-state index in [1.165, 1.54) is 9.13 Å². The highest BCUT2D eigenvalue weighted by molar-refractivity contribution is 14.1. The van der Waals surface area contributed by atoms with E-state index in [4.69, 9.17) is 0 Å². The predicted molar refractivity (Wildman–Crippen MR) is 83.5 cm³/mol. The summed E-state index contributed by atoms with van der Waals surface area (Å²) in [4.78, 5) is 13.7. The second-order valence-corrected chi connectivity index (χ2v) is 5.76. The zero-order valence-corrected chi connectivity index (χ0v) is 13.6. The van der Waals surface area contributed by atoms with Gasteiger partial charge in [-0.2, -0.15) is 0 Å². The van der Waals surface area contributed by atoms with Gasteiger partial charge in [0.2, 0.25) is 5.91 Å². The largest absolute Gasteiger partial charge is 0.345 e. The molecule has 100 valence electrons. The van der Waals surface area contributed by atoms with Crippen LogP contribution in [0.3, 0.4) is 0 Å². The van der Waals surface area contributed by atoms with Gasteiger partial charge < -0.3 is 4.90 Å². The summed E-state index contributed by atoms with van der Waals surface area (Å²) < 4.78 is 1.22. The van der Waals surface area contributed by atoms with Crippen molar-refractivity contribution in [3.63, 3.8) is 0 Å². The fraction of sp³-hybridized carbons (Fsp3) is 0.500. The zero-order chi connectivity index (χ0) is 13.7. The van der Waals surface area contributed by atoms with E-state index in [-0.39, 0.29) is 18.0 Å². The molecular weight excluding hydrogens is 339 g/mol. The van der Waals surface area contributed by atoms with Crippen LogP contribution in [0.5, 0.6) is 0 Å². The fourth-order valence-electron chi connectivity index (χ4n) is 1.78. The average Bonchev–Trinajstić information content (AvgIpc) is 2.37. The van der Waals surface area contributed by atoms with Crippen molar-refractivity contribution in [1.82, 2.24) is 10.2 Å². The normalized spacial score (nSPS) is 14.1. The number of likely N-dealkylation sites (N-methyl/N-ethyl adjacent to an activating group) is 1. The van der Waals surface area contributed by atoms with Crippen LogP contribution in [-0.4, -0.2) is 30.4 Å². The SMILES string of the molecule is CCN(C)C(=O)C(C)NC(C)c1ccc(I)cc1. The van der Waals surface area contributed by atoms with E-state index in [2.05, 4.69) is 59.1 Å². The van der Waals surface area contributed by atoms with E-state index >= 15 is 0 Å². The lowest BCUT2D eigenvalue weighted by molar-refractivity contribution is -0.131. The van der Waals surface area contributed by atoms with Crippen molar-refractivity contribution in [3.8, 4) is 0 Å². The summed E-state index contributed by atoms with van der Waals surface area (Å²) in [7, 11) is 1.83. The van der Waals surface area contributed by atoms with Crippen molar-refractivity contribution in [2.75, 3.05) is 13.6 Å². The van der Waals surface area contributed by atoms with Gasteiger partial charge in [0.1, 0.15) is 0 Å². The van der Waals surface area contributed by atoms with Gasteiger partial charge in [0.25, 0.3) is 0 Å². The molecule has 0 fully saturated rings. The summed E-state index contributed by atoms with van der Waals surface area (Å²) >= 11 is 2.29. The van der Waals surface area contributed by atoms with E-state index in [9.17, 15) is 4.79 Å². The molecule has 0 aliphatic carbocycles. The number of nitrogens with zero attached hydrogens (tertiary/aromatic N) is 1. The Hall–Kier alpha value is -0.620. The van der Waals surface area contributed by atoms with E-state index in [0.717, 1.165) is 6.54 Å². The minimum atomic E-state index is -0.163. The lowest BCUT2D eigenvalue weighted by Gasteiger charge is -2.24. The van der Waals surface area contributed by atoms with E-state index in [0.29, 0.717) is 0 Å². The van der Waals surface area contributed by atoms with Crippen molar-refractivity contribution in [1.29, 1.82) is 0 Å². The third-order valence-electron chi connectivity index (χ3n) is 3.09. The first-order chi connectivity index (χ1) is 8.45. The predicted octanol–water partition coefficient (Wildman–Crippen LogP) is 2.81. The Balaban J connectivity index is 2.61. The molecule has 4 heteroatoms. The van der Waals surface area contributed by atoms with Crippen LogP contribution in [0.25, 0.3) is 0 Å². The van der Waals surface area contributed by atoms with Gasteiger partial charge in [-0.05, 0) is 61.1 Å². The van der Waals surface area contributed by atoms with Crippen LogP contribution in [0.15, 0.2) is 24.3 Å². The molecule has 1 rings (SSSR count). The molecule has 2 unspecified atom stereocenters. The van der Waals surface area contributed by atoms with Crippen LogP contribution in [0.4, 0.5) is 0 Å². The van der Waals surface area contributed by atoms with Gasteiger partial charge in [0, 0.05) is 23.2 Å². The third kappa shape index (κ3) is 4.24. The molecule has 1 aromatic carbocycles. The number of halogens is 1. The zero-order valence-electron chi connectivity index (χ0n) is 11.4. The molecule has 0 spiro atoms. The molecule has 3 nitrogen and oxygen atoms in total. The van der Waals surface area contributed by atoms with Gasteiger partial charge in [0.15, 0.2) is 0 Å². The Bertz CT molecular complexity index is 391. The molecule has 1 N–H and O–H groups in total. The summed E-state index contributed by atoms with van der Waals surface area (Å²) in [6.07, 6.45) is 0. The number of hydrogen-bond acceptors (Lipinski definition) is 2. The highest BCUT2D eigenvalue weighted by Crippen LogP contribution is 2.15. The van der Waals surface area contributed by atoms with Gasteiger partial charge in [0.05, 0.1) is 6.04 Å². The van der Waals surface area contributed by atoms with Crippen molar-refractivity contribution in [3.05, 3.63) is 33.4 Å². The second kappa shape index (κ2) is 7.09. The molecule has 0 heterocycles. The first kappa shape index (κ1) is 15.4. The number of carbonyl (C=O) groups excluding carboxylic acids is 1. The summed E-state index contributed by atoms with van der Waals surface area (Å²) in [5, 5.41) is 3.34. The van der Waals surface area contributed by atoms with Gasteiger partial charge in [-0.1, -0.05) is 12.1 Å². The molecule has 0 aromatic heterocycles. The lowest BCUT2D eigenvalue weighted by Crippen LogP contribution is -2.43. The Labute approximate surface area is 123 Å². The maximum Gasteiger partial charge on any atom is 0.239 e. The maximum absolute atomic E-state index is 12.0. The van der Waals surface area contributed by atoms with Gasteiger partial charge in [-0.25, -0.2) is 0 Å². The number of carbonyl (C=O) groups is 1. The summed E-state index contributed by atoms with van der Waals surface area (Å²) in [5.41, 5.74) is 1.20. The van der Waals surface area contributed by atoms with Crippen molar-refractivity contribution in [2.45, 2.75) is 32.9 Å². The number of benzene rings is 1. The molecule has 1 aromatic rings. The van der Waals surface area contributed by atoms with Crippen LogP contribution < -0.4 is 5.32 Å². The van der Waals surface area contributed by atoms with Crippen LogP contribution in [0, 0.1) is 3.57 Å². The first-order valence-electron chi connectivity index (χ1n) is 6.22. The standard InChI is InChI=1S/C14H21IN2O/c1-5-17(4)14(18)11(3)16-10(2)12-6-8-13(15)9-7-12/h6-11,16H,5H2,1-4H3. The third-order valence-corrected chi connectivity index (χ3v) is 3.81. The maximum atomic E-state index is 12.0. The average molecular weight is 360 g/mol. The minimum Gasteiger partial charge on any atom is -0.345 e. The van der Waals surface area contributed by atoms with Crippen molar-refractivity contribution >= 4 is 28.5 Å². The minimum absolute atomic E-state index is 0.134. The monoisotopic (exact) mass is 360 g/mol. The first-order valence-corrected chi connectivity index (χ1v) is 7.30. The number of rotatable bonds is 5. The van der Waals surface area contributed by atoms with Gasteiger partial charge in [-0.3, -0.25) is 10.1 Å². The smallest absolute Gasteiger partial charge is 0.239 e. The molecule has 0 saturated carbocycles. The van der Waals surface area contributed by atoms with E-state index in [1.54, 1.807) is 4.90 Å². The Morgan fingerprint density at radius 1 is 1.33 bits per heavy atom. The van der Waals surface area contributed by atoms with Crippen LogP contribution in [-0.2, 0) is 4.79 Å². The van der Waals surface area contributed by atoms with E-state index < -0.39 is 0 Å². The molecule has 0 radical (unpaired) electrons. The molecule has 18 heavy (non-hydrogen) atoms. The number of nitrogens with one attached hydrogen (secondary N) is 1. The quantitative estimate of drug-likeness (QED) is 0.819. The summed E-state index contributed by atoms with van der Waals surface area (Å²) in [6, 6.07) is 8.37. The van der Waals surface area contributed by atoms with Gasteiger partial charge >= 0.3 is 0 Å². The Morgan fingerprint density at radius 2 is 1.89 bits per heavy atom. The summed E-state index contributed by atoms with van der Waals surface area (Å²) in [6.45, 7) is 6.71. The lowest BCUT2D eigenvalue weighted by atomic mass is 10.1. The van der Waals surface area contributed by atoms with E-state index in [1.807, 2.05) is 20.9 Å².